The maximum atomic E-state index is 13.0. The third kappa shape index (κ3) is 3.18. The predicted molar refractivity (Wildman–Crippen MR) is 58.2 cm³/mol. The van der Waals surface area contributed by atoms with E-state index in [1.807, 2.05) is 0 Å². The zero-order chi connectivity index (χ0) is 13.7. The molecule has 0 unspecified atom stereocenters. The fraction of sp³-hybridized carbons (Fsp3) is 0.182. The summed E-state index contributed by atoms with van der Waals surface area (Å²) >= 11 is 0. The van der Waals surface area contributed by atoms with Gasteiger partial charge in [0, 0.05) is 0 Å². The van der Waals surface area contributed by atoms with Crippen LogP contribution in [-0.4, -0.2) is 23.1 Å². The number of phenolic OH excluding ortho intramolecular Hbond substituents is 1. The summed E-state index contributed by atoms with van der Waals surface area (Å²) in [7, 11) is 1.18. The van der Waals surface area contributed by atoms with E-state index in [2.05, 4.69) is 16.6 Å². The quantitative estimate of drug-likeness (QED) is 0.372. The zero-order valence-electron chi connectivity index (χ0n) is 9.27. The Labute approximate surface area is 101 Å². The number of methoxy groups -OCH3 is 1. The van der Waals surface area contributed by atoms with Gasteiger partial charge >= 0.3 is 11.7 Å². The Morgan fingerprint density at radius 3 is 2.83 bits per heavy atom. The third-order valence-corrected chi connectivity index (χ3v) is 1.93. The average molecular weight is 253 g/mol. The van der Waals surface area contributed by atoms with Crippen LogP contribution in [-0.2, 0) is 9.53 Å². The number of nitrogens with zero attached hydrogens (tertiary/aromatic N) is 1. The minimum Gasteiger partial charge on any atom is -0.501 e. The molecule has 18 heavy (non-hydrogen) atoms. The standard InChI is InChI=1S/C11H8FNO5/c1-18-10(14)4-2-3-7-5-8(12)6-9(11(7)15)13(16)17/h5-6,15H,4H2,1H3. The fourth-order valence-corrected chi connectivity index (χ4v) is 1.10. The summed E-state index contributed by atoms with van der Waals surface area (Å²) in [6.07, 6.45) is -0.264. The lowest BCUT2D eigenvalue weighted by Crippen LogP contribution is -1.97. The fourth-order valence-electron chi connectivity index (χ4n) is 1.10. The number of carbonyl (C=O) groups is 1. The summed E-state index contributed by atoms with van der Waals surface area (Å²) in [5.74, 6) is 2.34. The highest BCUT2D eigenvalue weighted by atomic mass is 19.1. The maximum absolute atomic E-state index is 13.0. The van der Waals surface area contributed by atoms with Gasteiger partial charge < -0.3 is 9.84 Å². The van der Waals surface area contributed by atoms with Gasteiger partial charge in [0.25, 0.3) is 0 Å². The second-order valence-electron chi connectivity index (χ2n) is 3.13. The summed E-state index contributed by atoms with van der Waals surface area (Å²) < 4.78 is 17.4. The van der Waals surface area contributed by atoms with Crippen molar-refractivity contribution in [3.05, 3.63) is 33.6 Å². The maximum Gasteiger partial charge on any atom is 0.317 e. The molecule has 0 saturated heterocycles. The Morgan fingerprint density at radius 1 is 1.61 bits per heavy atom. The van der Waals surface area contributed by atoms with E-state index >= 15 is 0 Å². The minimum absolute atomic E-state index is 0.259. The molecule has 0 bridgehead atoms. The van der Waals surface area contributed by atoms with Gasteiger partial charge in [-0.05, 0) is 6.07 Å². The molecule has 0 atom stereocenters. The Morgan fingerprint density at radius 2 is 2.28 bits per heavy atom. The first-order chi connectivity index (χ1) is 8.45. The van der Waals surface area contributed by atoms with Gasteiger partial charge in [-0.15, -0.1) is 0 Å². The summed E-state index contributed by atoms with van der Waals surface area (Å²) in [6, 6.07) is 1.42. The molecule has 7 heteroatoms. The number of hydrogen-bond acceptors (Lipinski definition) is 5. The first-order valence-corrected chi connectivity index (χ1v) is 4.68. The van der Waals surface area contributed by atoms with Gasteiger partial charge in [0.15, 0.2) is 0 Å². The molecule has 0 aliphatic heterocycles. The first-order valence-electron chi connectivity index (χ1n) is 4.68. The van der Waals surface area contributed by atoms with Crippen LogP contribution >= 0.6 is 0 Å². The molecule has 1 rings (SSSR count). The highest BCUT2D eigenvalue weighted by Gasteiger charge is 2.18. The Hall–Kier alpha value is -2.62. The van der Waals surface area contributed by atoms with Crippen LogP contribution in [0.25, 0.3) is 0 Å². The normalized spacial score (nSPS) is 9.22. The highest BCUT2D eigenvalue weighted by molar-refractivity contribution is 5.72. The van der Waals surface area contributed by atoms with Gasteiger partial charge in [0.1, 0.15) is 12.2 Å². The van der Waals surface area contributed by atoms with Crippen LogP contribution in [0, 0.1) is 27.8 Å². The smallest absolute Gasteiger partial charge is 0.317 e. The number of halogens is 1. The molecule has 1 aromatic carbocycles. The predicted octanol–water partition coefficient (Wildman–Crippen LogP) is 1.35. The Bertz CT molecular complexity index is 559. The van der Waals surface area contributed by atoms with Crippen molar-refractivity contribution < 1.29 is 24.0 Å². The van der Waals surface area contributed by atoms with Crippen LogP contribution in [0.1, 0.15) is 12.0 Å². The molecule has 94 valence electrons. The highest BCUT2D eigenvalue weighted by Crippen LogP contribution is 2.30. The molecule has 0 spiro atoms. The van der Waals surface area contributed by atoms with E-state index < -0.39 is 28.1 Å². The van der Waals surface area contributed by atoms with Crippen molar-refractivity contribution in [3.8, 4) is 17.6 Å². The van der Waals surface area contributed by atoms with Crippen molar-refractivity contribution in [1.82, 2.24) is 0 Å². The SMILES string of the molecule is COC(=O)CC#Cc1cc(F)cc([N+](=O)[O-])c1O. The number of benzene rings is 1. The molecule has 0 heterocycles. The molecule has 0 aromatic heterocycles. The van der Waals surface area contributed by atoms with Crippen molar-refractivity contribution >= 4 is 11.7 Å². The van der Waals surface area contributed by atoms with E-state index in [4.69, 9.17) is 0 Å². The lowest BCUT2D eigenvalue weighted by Gasteiger charge is -1.99. The minimum atomic E-state index is -0.927. The Kier molecular flexibility index (Phi) is 4.21. The second kappa shape index (κ2) is 5.63. The van der Waals surface area contributed by atoms with E-state index in [9.17, 15) is 24.4 Å². The van der Waals surface area contributed by atoms with E-state index in [0.29, 0.717) is 6.07 Å². The molecular weight excluding hydrogens is 245 g/mol. The molecule has 6 nitrogen and oxygen atoms in total. The molecule has 0 amide bonds. The van der Waals surface area contributed by atoms with Crippen LogP contribution in [0.5, 0.6) is 5.75 Å². The molecule has 1 aromatic rings. The van der Waals surface area contributed by atoms with Crippen molar-refractivity contribution in [1.29, 1.82) is 0 Å². The number of hydrogen-bond donors (Lipinski definition) is 1. The topological polar surface area (TPSA) is 89.7 Å². The van der Waals surface area contributed by atoms with Gasteiger partial charge in [-0.1, -0.05) is 11.8 Å². The zero-order valence-corrected chi connectivity index (χ0v) is 9.27. The number of ether oxygens (including phenoxy) is 1. The number of aromatic hydroxyl groups is 1. The van der Waals surface area contributed by atoms with Crippen LogP contribution in [0.3, 0.4) is 0 Å². The molecule has 1 N–H and O–H groups in total. The van der Waals surface area contributed by atoms with Gasteiger partial charge in [-0.3, -0.25) is 14.9 Å². The number of phenols is 1. The summed E-state index contributed by atoms with van der Waals surface area (Å²) in [6.45, 7) is 0. The number of nitro groups is 1. The monoisotopic (exact) mass is 253 g/mol. The molecule has 0 aliphatic carbocycles. The summed E-state index contributed by atoms with van der Waals surface area (Å²) in [4.78, 5) is 20.3. The molecule has 0 saturated carbocycles. The van der Waals surface area contributed by atoms with Crippen molar-refractivity contribution in [2.24, 2.45) is 0 Å². The van der Waals surface area contributed by atoms with Crippen molar-refractivity contribution in [2.45, 2.75) is 6.42 Å². The summed E-state index contributed by atoms with van der Waals surface area (Å²) in [5, 5.41) is 20.0. The van der Waals surface area contributed by atoms with Gasteiger partial charge in [-0.2, -0.15) is 0 Å². The lowest BCUT2D eigenvalue weighted by molar-refractivity contribution is -0.386. The molecule has 0 aliphatic rings. The molecular formula is C11H8FNO5. The van der Waals surface area contributed by atoms with Gasteiger partial charge in [0.2, 0.25) is 5.75 Å². The van der Waals surface area contributed by atoms with Crippen molar-refractivity contribution in [2.75, 3.05) is 7.11 Å². The van der Waals surface area contributed by atoms with Gasteiger partial charge in [0.05, 0.1) is 23.7 Å². The van der Waals surface area contributed by atoms with E-state index in [1.54, 1.807) is 0 Å². The number of nitro benzene ring substituents is 1. The Balaban J connectivity index is 3.10. The summed E-state index contributed by atoms with van der Waals surface area (Å²) in [5.41, 5.74) is -1.04. The molecule has 0 fully saturated rings. The van der Waals surface area contributed by atoms with Crippen LogP contribution < -0.4 is 0 Å². The van der Waals surface area contributed by atoms with Crippen LogP contribution in [0.4, 0.5) is 10.1 Å². The average Bonchev–Trinajstić information content (AvgIpc) is 2.32. The second-order valence-corrected chi connectivity index (χ2v) is 3.13. The lowest BCUT2D eigenvalue weighted by atomic mass is 10.1. The van der Waals surface area contributed by atoms with E-state index in [1.165, 1.54) is 7.11 Å². The van der Waals surface area contributed by atoms with Crippen molar-refractivity contribution in [3.63, 3.8) is 0 Å². The number of carbonyl (C=O) groups excluding carboxylic acids is 1. The van der Waals surface area contributed by atoms with Crippen LogP contribution in [0.15, 0.2) is 12.1 Å². The molecule has 0 radical (unpaired) electrons. The van der Waals surface area contributed by atoms with Gasteiger partial charge in [-0.25, -0.2) is 4.39 Å². The first kappa shape index (κ1) is 13.4. The third-order valence-electron chi connectivity index (χ3n) is 1.93. The largest absolute Gasteiger partial charge is 0.501 e. The number of esters is 1. The number of rotatable bonds is 2. The van der Waals surface area contributed by atoms with E-state index in [0.717, 1.165) is 6.07 Å². The van der Waals surface area contributed by atoms with Crippen LogP contribution in [0.2, 0.25) is 0 Å². The van der Waals surface area contributed by atoms with E-state index in [-0.39, 0.29) is 12.0 Å².